The quantitative estimate of drug-likeness (QED) is 0.0268. The predicted octanol–water partition coefficient (Wildman–Crippen LogP) is 13.0. The van der Waals surface area contributed by atoms with Crippen LogP contribution in [0, 0.1) is 0 Å². The lowest BCUT2D eigenvalue weighted by atomic mass is 10.0. The molecule has 1 unspecified atom stereocenters. The van der Waals surface area contributed by atoms with Gasteiger partial charge in [-0.25, -0.2) is 4.57 Å². The number of carbonyl (C=O) groups is 2. The van der Waals surface area contributed by atoms with E-state index in [1.54, 1.807) is 0 Å². The molecule has 0 aromatic heterocycles. The molecule has 0 amide bonds. The molecule has 0 aliphatic heterocycles. The largest absolute Gasteiger partial charge is 0.472 e. The number of rotatable bonds is 43. The van der Waals surface area contributed by atoms with Gasteiger partial charge in [-0.05, 0) is 32.1 Å². The maximum atomic E-state index is 12.6. The second-order valence-electron chi connectivity index (χ2n) is 15.3. The third-order valence-electron chi connectivity index (χ3n) is 9.90. The first-order valence-corrected chi connectivity index (χ1v) is 24.2. The smallest absolute Gasteiger partial charge is 0.462 e. The van der Waals surface area contributed by atoms with Gasteiger partial charge in [-0.15, -0.1) is 0 Å². The van der Waals surface area contributed by atoms with Crippen molar-refractivity contribution in [2.24, 2.45) is 5.73 Å². The molecule has 0 saturated heterocycles. The Kier molecular flexibility index (Phi) is 40.4. The summed E-state index contributed by atoms with van der Waals surface area (Å²) >= 11 is 0. The van der Waals surface area contributed by atoms with Crippen LogP contribution in [-0.4, -0.2) is 49.3 Å². The predicted molar refractivity (Wildman–Crippen MR) is 224 cm³/mol. The van der Waals surface area contributed by atoms with E-state index in [1.165, 1.54) is 161 Å². The van der Waals surface area contributed by atoms with Crippen molar-refractivity contribution in [3.8, 4) is 0 Å². The lowest BCUT2D eigenvalue weighted by Crippen LogP contribution is -2.29. The first kappa shape index (κ1) is 52.8. The third-order valence-corrected chi connectivity index (χ3v) is 10.9. The highest BCUT2D eigenvalue weighted by molar-refractivity contribution is 7.47. The van der Waals surface area contributed by atoms with E-state index in [0.29, 0.717) is 6.42 Å². The first-order valence-electron chi connectivity index (χ1n) is 22.7. The fourth-order valence-electron chi connectivity index (χ4n) is 6.52. The molecule has 0 fully saturated rings. The molecular weight excluding hydrogens is 701 g/mol. The monoisotopic (exact) mass is 788 g/mol. The van der Waals surface area contributed by atoms with Crippen molar-refractivity contribution in [2.45, 2.75) is 232 Å². The summed E-state index contributed by atoms with van der Waals surface area (Å²) in [4.78, 5) is 34.8. The zero-order valence-electron chi connectivity index (χ0n) is 35.2. The molecule has 0 aromatic carbocycles. The molecule has 0 aromatic rings. The van der Waals surface area contributed by atoms with Gasteiger partial charge in [0.1, 0.15) is 6.61 Å². The second kappa shape index (κ2) is 41.4. The van der Waals surface area contributed by atoms with E-state index in [0.717, 1.165) is 32.1 Å². The molecule has 0 bridgehead atoms. The molecule has 0 radical (unpaired) electrons. The summed E-state index contributed by atoms with van der Waals surface area (Å²) in [5.41, 5.74) is 5.34. The van der Waals surface area contributed by atoms with Crippen LogP contribution in [0.2, 0.25) is 0 Å². The molecule has 320 valence electrons. The van der Waals surface area contributed by atoms with Gasteiger partial charge in [0, 0.05) is 19.4 Å². The maximum Gasteiger partial charge on any atom is 0.472 e. The zero-order valence-corrected chi connectivity index (χ0v) is 36.1. The molecule has 9 nitrogen and oxygen atoms in total. The minimum absolute atomic E-state index is 0.0525. The average Bonchev–Trinajstić information content (AvgIpc) is 3.16. The van der Waals surface area contributed by atoms with E-state index in [9.17, 15) is 19.0 Å². The van der Waals surface area contributed by atoms with Crippen LogP contribution in [0.25, 0.3) is 0 Å². The Balaban J connectivity index is 4.03. The SMILES string of the molecule is CCCCCCCCCCCCCCCCCCCC/C=C/CCCC(=O)O[C@H](COC(=O)CCCCCCCCCCCC)COP(=O)(O)OCCN. The summed E-state index contributed by atoms with van der Waals surface area (Å²) < 4.78 is 32.7. The van der Waals surface area contributed by atoms with E-state index >= 15 is 0 Å². The van der Waals surface area contributed by atoms with Crippen LogP contribution in [0.1, 0.15) is 226 Å². The van der Waals surface area contributed by atoms with Gasteiger partial charge in [0.15, 0.2) is 6.10 Å². The van der Waals surface area contributed by atoms with Crippen molar-refractivity contribution in [3.05, 3.63) is 12.2 Å². The number of unbranched alkanes of at least 4 members (excludes halogenated alkanes) is 28. The van der Waals surface area contributed by atoms with Crippen molar-refractivity contribution in [1.29, 1.82) is 0 Å². The first-order chi connectivity index (χ1) is 26.3. The summed E-state index contributed by atoms with van der Waals surface area (Å²) in [6.07, 6.45) is 42.7. The molecule has 0 heterocycles. The molecule has 0 spiro atoms. The molecular formula is C44H86NO8P. The normalized spacial score (nSPS) is 13.3. The fraction of sp³-hybridized carbons (Fsp3) is 0.909. The Bertz CT molecular complexity index is 902. The second-order valence-corrected chi connectivity index (χ2v) is 16.7. The number of hydrogen-bond donors (Lipinski definition) is 2. The molecule has 0 aliphatic carbocycles. The number of nitrogens with two attached hydrogens (primary N) is 1. The van der Waals surface area contributed by atoms with E-state index in [2.05, 4.69) is 26.0 Å². The molecule has 0 rings (SSSR count). The van der Waals surface area contributed by atoms with Gasteiger partial charge in [0.2, 0.25) is 0 Å². The van der Waals surface area contributed by atoms with Crippen LogP contribution >= 0.6 is 7.82 Å². The van der Waals surface area contributed by atoms with Crippen LogP contribution in [0.5, 0.6) is 0 Å². The highest BCUT2D eigenvalue weighted by Gasteiger charge is 2.26. The Morgan fingerprint density at radius 1 is 0.537 bits per heavy atom. The number of ether oxygens (including phenoxy) is 2. The summed E-state index contributed by atoms with van der Waals surface area (Å²) in [6.45, 7) is 3.72. The van der Waals surface area contributed by atoms with Gasteiger partial charge in [0.25, 0.3) is 0 Å². The number of carbonyl (C=O) groups excluding carboxylic acids is 2. The minimum Gasteiger partial charge on any atom is -0.462 e. The van der Waals surface area contributed by atoms with Gasteiger partial charge >= 0.3 is 19.8 Å². The fourth-order valence-corrected chi connectivity index (χ4v) is 7.29. The van der Waals surface area contributed by atoms with Gasteiger partial charge < -0.3 is 20.1 Å². The summed E-state index contributed by atoms with van der Waals surface area (Å²) in [5.74, 6) is -0.857. The third kappa shape index (κ3) is 40.4. The molecule has 10 heteroatoms. The number of esters is 2. The van der Waals surface area contributed by atoms with Crippen molar-refractivity contribution in [2.75, 3.05) is 26.4 Å². The van der Waals surface area contributed by atoms with Crippen LogP contribution in [0.3, 0.4) is 0 Å². The molecule has 0 saturated carbocycles. The Morgan fingerprint density at radius 2 is 0.926 bits per heavy atom. The van der Waals surface area contributed by atoms with Crippen LogP contribution in [0.4, 0.5) is 0 Å². The van der Waals surface area contributed by atoms with Gasteiger partial charge in [-0.1, -0.05) is 193 Å². The van der Waals surface area contributed by atoms with Gasteiger partial charge in [-0.2, -0.15) is 0 Å². The van der Waals surface area contributed by atoms with Crippen molar-refractivity contribution < 1.29 is 37.6 Å². The van der Waals surface area contributed by atoms with Crippen molar-refractivity contribution >= 4 is 19.8 Å². The number of hydrogen-bond acceptors (Lipinski definition) is 8. The highest BCUT2D eigenvalue weighted by atomic mass is 31.2. The van der Waals surface area contributed by atoms with Crippen LogP contribution in [-0.2, 0) is 32.7 Å². The van der Waals surface area contributed by atoms with Gasteiger partial charge in [-0.3, -0.25) is 18.6 Å². The van der Waals surface area contributed by atoms with E-state index in [4.69, 9.17) is 24.3 Å². The Morgan fingerprint density at radius 3 is 1.37 bits per heavy atom. The Hall–Kier alpha value is -1.25. The molecule has 2 atom stereocenters. The highest BCUT2D eigenvalue weighted by Crippen LogP contribution is 2.43. The van der Waals surface area contributed by atoms with Crippen molar-refractivity contribution in [3.63, 3.8) is 0 Å². The van der Waals surface area contributed by atoms with Gasteiger partial charge in [0.05, 0.1) is 13.2 Å². The molecule has 54 heavy (non-hydrogen) atoms. The number of allylic oxidation sites excluding steroid dienone is 2. The van der Waals surface area contributed by atoms with E-state index in [1.807, 2.05) is 0 Å². The number of phosphoric ester groups is 1. The summed E-state index contributed by atoms with van der Waals surface area (Å²) in [5, 5.41) is 0. The van der Waals surface area contributed by atoms with Crippen LogP contribution < -0.4 is 5.73 Å². The Labute approximate surface area is 332 Å². The van der Waals surface area contributed by atoms with Crippen molar-refractivity contribution in [1.82, 2.24) is 0 Å². The summed E-state index contributed by atoms with van der Waals surface area (Å²) in [6, 6.07) is 0. The topological polar surface area (TPSA) is 134 Å². The standard InChI is InChI=1S/C44H86NO8P/c1-3-5-7-9-11-13-15-16-17-18-19-20-21-22-23-24-25-26-27-29-31-33-35-37-44(47)53-42(41-52-54(48,49)51-39-38-45)40-50-43(46)36-34-32-30-28-14-12-10-8-6-4-2/h29,31,42H,3-28,30,32-41,45H2,1-2H3,(H,48,49)/b31-29+/t42-/m1/s1. The average molecular weight is 788 g/mol. The van der Waals surface area contributed by atoms with E-state index in [-0.39, 0.29) is 38.6 Å². The molecule has 3 N–H and O–H groups in total. The number of phosphoric acid groups is 1. The lowest BCUT2D eigenvalue weighted by Gasteiger charge is -2.19. The maximum absolute atomic E-state index is 12.6. The van der Waals surface area contributed by atoms with Crippen LogP contribution in [0.15, 0.2) is 12.2 Å². The minimum atomic E-state index is -4.37. The molecule has 0 aliphatic rings. The summed E-state index contributed by atoms with van der Waals surface area (Å²) in [7, 11) is -4.37. The van der Waals surface area contributed by atoms with E-state index < -0.39 is 26.5 Å². The lowest BCUT2D eigenvalue weighted by molar-refractivity contribution is -0.161. The zero-order chi connectivity index (χ0) is 39.6.